The number of rotatable bonds is 4. The van der Waals surface area contributed by atoms with E-state index in [2.05, 4.69) is 15.1 Å². The first kappa shape index (κ1) is 12.3. The average Bonchev–Trinajstić information content (AvgIpc) is 2.61. The normalized spacial score (nSPS) is 13.2. The Bertz CT molecular complexity index is 525. The van der Waals surface area contributed by atoms with E-state index in [0.29, 0.717) is 5.82 Å². The van der Waals surface area contributed by atoms with Crippen molar-refractivity contribution in [2.45, 2.75) is 26.9 Å². The molecule has 0 saturated heterocycles. The van der Waals surface area contributed by atoms with Crippen molar-refractivity contribution in [2.24, 2.45) is 7.05 Å². The van der Waals surface area contributed by atoms with Crippen LogP contribution in [0.3, 0.4) is 0 Å². The van der Waals surface area contributed by atoms with Crippen molar-refractivity contribution in [3.63, 3.8) is 0 Å². The van der Waals surface area contributed by atoms with E-state index in [-0.39, 0.29) is 6.10 Å². The van der Waals surface area contributed by atoms with Gasteiger partial charge in [0.1, 0.15) is 17.1 Å². The Morgan fingerprint density at radius 3 is 3.00 bits per heavy atom. The van der Waals surface area contributed by atoms with Gasteiger partial charge in [-0.15, -0.1) is 0 Å². The summed E-state index contributed by atoms with van der Waals surface area (Å²) in [6, 6.07) is 0. The van der Waals surface area contributed by atoms with E-state index >= 15 is 0 Å². The number of fused-ring (bicyclic) bond motifs is 1. The Morgan fingerprint density at radius 1 is 1.53 bits per heavy atom. The maximum Gasteiger partial charge on any atom is 0.159 e. The van der Waals surface area contributed by atoms with Crippen LogP contribution < -0.4 is 0 Å². The maximum atomic E-state index is 5.54. The zero-order valence-corrected chi connectivity index (χ0v) is 11.3. The summed E-state index contributed by atoms with van der Waals surface area (Å²) in [5, 5.41) is 4.32. The second-order valence-corrected chi connectivity index (χ2v) is 4.82. The van der Waals surface area contributed by atoms with Crippen LogP contribution in [-0.4, -0.2) is 25.5 Å². The summed E-state index contributed by atoms with van der Waals surface area (Å²) in [5.41, 5.74) is 2.76. The average molecular weight is 252 g/mol. The van der Waals surface area contributed by atoms with Gasteiger partial charge >= 0.3 is 0 Å². The minimum Gasteiger partial charge on any atom is -0.304 e. The molecule has 0 saturated carbocycles. The van der Waals surface area contributed by atoms with Crippen LogP contribution in [0.15, 0.2) is 6.20 Å². The van der Waals surface area contributed by atoms with Crippen molar-refractivity contribution in [1.82, 2.24) is 19.7 Å². The molecular formula is C11H16N4OS. The largest absolute Gasteiger partial charge is 0.304 e. The topological polar surface area (TPSA) is 52.8 Å². The molecule has 0 spiro atoms. The van der Waals surface area contributed by atoms with Crippen LogP contribution in [-0.2, 0) is 11.2 Å². The lowest BCUT2D eigenvalue weighted by Gasteiger charge is -2.09. The molecule has 1 unspecified atom stereocenters. The van der Waals surface area contributed by atoms with E-state index in [1.165, 1.54) is 12.0 Å². The maximum absolute atomic E-state index is 5.54. The number of aryl methyl sites for hydroxylation is 2. The SMILES string of the molecule is CCSOC(C)c1ncc2c(n1)c(C)nn2C. The molecular weight excluding hydrogens is 236 g/mol. The van der Waals surface area contributed by atoms with Gasteiger partial charge in [0.2, 0.25) is 0 Å². The van der Waals surface area contributed by atoms with E-state index in [0.717, 1.165) is 22.5 Å². The first-order chi connectivity index (χ1) is 8.13. The molecule has 92 valence electrons. The van der Waals surface area contributed by atoms with Gasteiger partial charge in [0, 0.05) is 12.8 Å². The predicted molar refractivity (Wildman–Crippen MR) is 68.7 cm³/mol. The fraction of sp³-hybridized carbons (Fsp3) is 0.545. The lowest BCUT2D eigenvalue weighted by atomic mass is 10.3. The highest BCUT2D eigenvalue weighted by Gasteiger charge is 2.13. The van der Waals surface area contributed by atoms with Crippen LogP contribution >= 0.6 is 12.0 Å². The zero-order valence-electron chi connectivity index (χ0n) is 10.5. The number of hydrogen-bond acceptors (Lipinski definition) is 5. The van der Waals surface area contributed by atoms with Crippen molar-refractivity contribution in [1.29, 1.82) is 0 Å². The Labute approximate surface area is 105 Å². The molecule has 0 aromatic carbocycles. The van der Waals surface area contributed by atoms with E-state index < -0.39 is 0 Å². The summed E-state index contributed by atoms with van der Waals surface area (Å²) in [5.74, 6) is 1.62. The highest BCUT2D eigenvalue weighted by Crippen LogP contribution is 2.21. The van der Waals surface area contributed by atoms with Crippen molar-refractivity contribution in [2.75, 3.05) is 5.75 Å². The van der Waals surface area contributed by atoms with Crippen molar-refractivity contribution < 1.29 is 4.18 Å². The van der Waals surface area contributed by atoms with Gasteiger partial charge in [-0.3, -0.25) is 4.68 Å². The van der Waals surface area contributed by atoms with E-state index in [4.69, 9.17) is 4.18 Å². The molecule has 0 fully saturated rings. The highest BCUT2D eigenvalue weighted by atomic mass is 32.2. The molecule has 2 aromatic heterocycles. The van der Waals surface area contributed by atoms with Crippen LogP contribution in [0.5, 0.6) is 0 Å². The molecule has 6 heteroatoms. The molecule has 0 aliphatic heterocycles. The third kappa shape index (κ3) is 2.42. The van der Waals surface area contributed by atoms with Crippen LogP contribution in [0.25, 0.3) is 11.0 Å². The zero-order chi connectivity index (χ0) is 12.4. The molecule has 17 heavy (non-hydrogen) atoms. The molecule has 0 bridgehead atoms. The van der Waals surface area contributed by atoms with Gasteiger partial charge < -0.3 is 4.18 Å². The third-order valence-corrected chi connectivity index (χ3v) is 3.13. The molecule has 0 aliphatic carbocycles. The summed E-state index contributed by atoms with van der Waals surface area (Å²) in [6.45, 7) is 5.95. The Kier molecular flexibility index (Phi) is 3.63. The molecule has 0 radical (unpaired) electrons. The standard InChI is InChI=1S/C11H16N4OS/c1-5-17-16-8(3)11-12-6-9-10(13-11)7(2)14-15(9)4/h6,8H,5H2,1-4H3. The highest BCUT2D eigenvalue weighted by molar-refractivity contribution is 7.94. The first-order valence-electron chi connectivity index (χ1n) is 5.58. The first-order valence-corrected chi connectivity index (χ1v) is 6.49. The summed E-state index contributed by atoms with van der Waals surface area (Å²) >= 11 is 1.43. The van der Waals surface area contributed by atoms with Gasteiger partial charge in [0.05, 0.1) is 11.9 Å². The molecule has 2 heterocycles. The van der Waals surface area contributed by atoms with Crippen molar-refractivity contribution in [3.05, 3.63) is 17.7 Å². The minimum atomic E-state index is -0.107. The van der Waals surface area contributed by atoms with E-state index in [1.54, 1.807) is 10.9 Å². The second kappa shape index (κ2) is 5.01. The molecule has 5 nitrogen and oxygen atoms in total. The summed E-state index contributed by atoms with van der Waals surface area (Å²) < 4.78 is 7.33. The Hall–Kier alpha value is -1.14. The van der Waals surface area contributed by atoms with Crippen molar-refractivity contribution >= 4 is 23.1 Å². The number of aromatic nitrogens is 4. The molecule has 0 amide bonds. The van der Waals surface area contributed by atoms with Crippen LogP contribution in [0.2, 0.25) is 0 Å². The predicted octanol–water partition coefficient (Wildman–Crippen LogP) is 2.42. The smallest absolute Gasteiger partial charge is 0.159 e. The lowest BCUT2D eigenvalue weighted by Crippen LogP contribution is -2.02. The van der Waals surface area contributed by atoms with Crippen LogP contribution in [0.4, 0.5) is 0 Å². The number of nitrogens with zero attached hydrogens (tertiary/aromatic N) is 4. The molecule has 2 aromatic rings. The van der Waals surface area contributed by atoms with Crippen molar-refractivity contribution in [3.8, 4) is 0 Å². The van der Waals surface area contributed by atoms with E-state index in [9.17, 15) is 0 Å². The fourth-order valence-corrected chi connectivity index (χ4v) is 2.05. The van der Waals surface area contributed by atoms with Gasteiger partial charge in [-0.25, -0.2) is 9.97 Å². The Morgan fingerprint density at radius 2 is 2.29 bits per heavy atom. The van der Waals surface area contributed by atoms with Crippen LogP contribution in [0, 0.1) is 6.92 Å². The molecule has 2 rings (SSSR count). The van der Waals surface area contributed by atoms with E-state index in [1.807, 2.05) is 27.8 Å². The van der Waals surface area contributed by atoms with Gasteiger partial charge in [-0.05, 0) is 25.9 Å². The molecule has 0 N–H and O–H groups in total. The summed E-state index contributed by atoms with van der Waals surface area (Å²) in [6.07, 6.45) is 1.69. The van der Waals surface area contributed by atoms with Gasteiger partial charge in [0.25, 0.3) is 0 Å². The second-order valence-electron chi connectivity index (χ2n) is 3.82. The fourth-order valence-electron chi connectivity index (χ4n) is 1.63. The number of hydrogen-bond donors (Lipinski definition) is 0. The van der Waals surface area contributed by atoms with Gasteiger partial charge in [-0.1, -0.05) is 6.92 Å². The van der Waals surface area contributed by atoms with Crippen LogP contribution in [0.1, 0.15) is 31.5 Å². The quantitative estimate of drug-likeness (QED) is 0.782. The molecule has 0 aliphatic rings. The minimum absolute atomic E-state index is 0.107. The van der Waals surface area contributed by atoms with Gasteiger partial charge in [-0.2, -0.15) is 5.10 Å². The molecule has 1 atom stereocenters. The Balaban J connectivity index is 2.34. The van der Waals surface area contributed by atoms with Gasteiger partial charge in [0.15, 0.2) is 5.82 Å². The summed E-state index contributed by atoms with van der Waals surface area (Å²) in [4.78, 5) is 8.84. The third-order valence-electron chi connectivity index (χ3n) is 2.47. The lowest BCUT2D eigenvalue weighted by molar-refractivity contribution is 0.261. The monoisotopic (exact) mass is 252 g/mol. The summed E-state index contributed by atoms with van der Waals surface area (Å²) in [7, 11) is 1.89.